The van der Waals surface area contributed by atoms with Crippen LogP contribution in [0.2, 0.25) is 0 Å². The first-order valence-corrected chi connectivity index (χ1v) is 12.7. The maximum atomic E-state index is 12.3. The molecule has 1 amide bonds. The summed E-state index contributed by atoms with van der Waals surface area (Å²) in [7, 11) is 0. The number of aromatic hydroxyl groups is 1. The van der Waals surface area contributed by atoms with Gasteiger partial charge in [-0.05, 0) is 43.4 Å². The molecule has 4 rings (SSSR count). The molecule has 1 aromatic heterocycles. The average molecular weight is 513 g/mol. The number of nitrogens with zero attached hydrogens (tertiary/aromatic N) is 3. The molecule has 3 N–H and O–H groups in total. The molecule has 37 heavy (non-hydrogen) atoms. The zero-order chi connectivity index (χ0) is 26.6. The van der Waals surface area contributed by atoms with Gasteiger partial charge in [-0.25, -0.2) is 9.97 Å². The minimum atomic E-state index is -1.17. The quantitative estimate of drug-likeness (QED) is 0.488. The van der Waals surface area contributed by atoms with Gasteiger partial charge in [-0.2, -0.15) is 0 Å². The van der Waals surface area contributed by atoms with Gasteiger partial charge in [-0.15, -0.1) is 0 Å². The summed E-state index contributed by atoms with van der Waals surface area (Å²) in [5, 5.41) is 21.2. The maximum absolute atomic E-state index is 12.3. The highest BCUT2D eigenvalue weighted by molar-refractivity contribution is 5.96. The average Bonchev–Trinajstić information content (AvgIpc) is 2.87. The van der Waals surface area contributed by atoms with Gasteiger partial charge < -0.3 is 29.9 Å². The minimum Gasteiger partial charge on any atom is -0.504 e. The highest BCUT2D eigenvalue weighted by atomic mass is 16.7. The van der Waals surface area contributed by atoms with Crippen LogP contribution in [-0.2, 0) is 27.1 Å². The third-order valence-electron chi connectivity index (χ3n) is 6.83. The molecule has 0 radical (unpaired) electrons. The fourth-order valence-corrected chi connectivity index (χ4v) is 4.65. The summed E-state index contributed by atoms with van der Waals surface area (Å²) in [6.45, 7) is 8.55. The number of carbonyl (C=O) groups excluding carboxylic acids is 1. The van der Waals surface area contributed by atoms with Crippen molar-refractivity contribution in [1.29, 1.82) is 0 Å². The smallest absolute Gasteiger partial charge is 0.322 e. The summed E-state index contributed by atoms with van der Waals surface area (Å²) in [6, 6.07) is 8.57. The number of aryl methyl sites for hydroxylation is 1. The number of aromatic nitrogens is 2. The molecular weight excluding hydrogens is 476 g/mol. The number of hydrogen-bond acceptors (Lipinski definition) is 8. The van der Waals surface area contributed by atoms with E-state index in [2.05, 4.69) is 58.3 Å². The molecule has 2 aliphatic heterocycles. The van der Waals surface area contributed by atoms with E-state index in [1.54, 1.807) is 6.92 Å². The normalized spacial score (nSPS) is 18.5. The number of carboxylic acid groups (broad SMARTS) is 1. The lowest BCUT2D eigenvalue weighted by molar-refractivity contribution is -0.220. The van der Waals surface area contributed by atoms with Crippen molar-refractivity contribution in [1.82, 2.24) is 15.3 Å². The van der Waals surface area contributed by atoms with E-state index in [4.69, 9.17) is 14.6 Å². The Morgan fingerprint density at radius 2 is 1.73 bits per heavy atom. The first-order chi connectivity index (χ1) is 17.6. The Morgan fingerprint density at radius 1 is 1.08 bits per heavy atom. The van der Waals surface area contributed by atoms with Crippen molar-refractivity contribution in [3.8, 4) is 5.75 Å². The number of ether oxygens (including phenoxy) is 2. The maximum Gasteiger partial charge on any atom is 0.322 e. The van der Waals surface area contributed by atoms with Crippen LogP contribution in [-0.4, -0.2) is 71.2 Å². The van der Waals surface area contributed by atoms with E-state index in [0.29, 0.717) is 37.1 Å². The summed E-state index contributed by atoms with van der Waals surface area (Å²) < 4.78 is 11.7. The Bertz CT molecular complexity index is 1100. The van der Waals surface area contributed by atoms with Crippen molar-refractivity contribution in [3.63, 3.8) is 0 Å². The number of carboxylic acids is 1. The zero-order valence-corrected chi connectivity index (χ0v) is 21.7. The lowest BCUT2D eigenvalue weighted by Crippen LogP contribution is -2.38. The molecule has 0 aliphatic carbocycles. The highest BCUT2D eigenvalue weighted by Crippen LogP contribution is 2.28. The Morgan fingerprint density at radius 3 is 2.35 bits per heavy atom. The predicted octanol–water partition coefficient (Wildman–Crippen LogP) is 2.71. The van der Waals surface area contributed by atoms with Crippen LogP contribution in [0.1, 0.15) is 54.3 Å². The van der Waals surface area contributed by atoms with Crippen LogP contribution in [0.5, 0.6) is 5.75 Å². The fraction of sp³-hybridized carbons (Fsp3) is 0.556. The second-order valence-corrected chi connectivity index (χ2v) is 10.7. The van der Waals surface area contributed by atoms with E-state index in [9.17, 15) is 14.7 Å². The Labute approximate surface area is 217 Å². The van der Waals surface area contributed by atoms with Gasteiger partial charge in [0.25, 0.3) is 5.91 Å². The van der Waals surface area contributed by atoms with Gasteiger partial charge in [-0.3, -0.25) is 9.59 Å². The number of amides is 1. The number of rotatable bonds is 8. The second-order valence-electron chi connectivity index (χ2n) is 10.7. The monoisotopic (exact) mass is 512 g/mol. The number of aliphatic carboxylic acids is 1. The number of piperidine rings is 1. The summed E-state index contributed by atoms with van der Waals surface area (Å²) in [5.41, 5.74) is 2.55. The van der Waals surface area contributed by atoms with Gasteiger partial charge in [0.05, 0.1) is 18.9 Å². The molecule has 3 heterocycles. The van der Waals surface area contributed by atoms with Crippen molar-refractivity contribution in [3.05, 3.63) is 47.0 Å². The molecule has 2 aromatic rings. The van der Waals surface area contributed by atoms with Crippen molar-refractivity contribution in [2.24, 2.45) is 11.3 Å². The summed E-state index contributed by atoms with van der Waals surface area (Å²) >= 11 is 0. The number of benzene rings is 1. The van der Waals surface area contributed by atoms with Crippen LogP contribution < -0.4 is 10.2 Å². The van der Waals surface area contributed by atoms with Crippen LogP contribution in [0, 0.1) is 18.3 Å². The molecule has 2 fully saturated rings. The van der Waals surface area contributed by atoms with Crippen molar-refractivity contribution < 1.29 is 29.3 Å². The van der Waals surface area contributed by atoms with Gasteiger partial charge in [0.1, 0.15) is 12.4 Å². The van der Waals surface area contributed by atoms with E-state index < -0.39 is 18.4 Å². The molecule has 200 valence electrons. The summed E-state index contributed by atoms with van der Waals surface area (Å²) in [6.07, 6.45) is 3.03. The highest BCUT2D eigenvalue weighted by Gasteiger charge is 2.28. The molecule has 10 nitrogen and oxygen atoms in total. The fourth-order valence-electron chi connectivity index (χ4n) is 4.65. The molecule has 10 heteroatoms. The van der Waals surface area contributed by atoms with Gasteiger partial charge >= 0.3 is 5.97 Å². The number of hydrogen-bond donors (Lipinski definition) is 3. The molecule has 0 unspecified atom stereocenters. The first-order valence-electron chi connectivity index (χ1n) is 12.7. The number of nitrogens with one attached hydrogen (secondary N) is 1. The van der Waals surface area contributed by atoms with Crippen molar-refractivity contribution in [2.45, 2.75) is 52.7 Å². The molecule has 2 saturated heterocycles. The second kappa shape index (κ2) is 11.4. The predicted molar refractivity (Wildman–Crippen MR) is 137 cm³/mol. The molecule has 1 aromatic carbocycles. The Kier molecular flexibility index (Phi) is 8.29. The molecule has 0 bridgehead atoms. The molecular formula is C27H36N4O6. The van der Waals surface area contributed by atoms with Gasteiger partial charge in [0.15, 0.2) is 17.7 Å². The van der Waals surface area contributed by atoms with E-state index in [1.807, 2.05) is 0 Å². The molecule has 0 saturated carbocycles. The van der Waals surface area contributed by atoms with Crippen molar-refractivity contribution >= 4 is 17.6 Å². The standard InChI is InChI=1S/C27H36N4O6/c1-17-25(34)24(26(35)28-14-22(32)33)30-21(29-17)12-19-8-10-31(11-9-19)20-6-4-18(5-7-20)13-23-36-15-27(2,3)16-37-23/h4-7,19,23,34H,8-16H2,1-3H3,(H,28,35)(H,32,33). The summed E-state index contributed by atoms with van der Waals surface area (Å²) in [5.74, 6) is -1.39. The van der Waals surface area contributed by atoms with Crippen LogP contribution in [0.4, 0.5) is 5.69 Å². The molecule has 2 aliphatic rings. The van der Waals surface area contributed by atoms with E-state index in [-0.39, 0.29) is 23.1 Å². The van der Waals surface area contributed by atoms with Gasteiger partial charge in [-0.1, -0.05) is 26.0 Å². The molecule has 0 spiro atoms. The van der Waals surface area contributed by atoms with Gasteiger partial charge in [0.2, 0.25) is 0 Å². The van der Waals surface area contributed by atoms with Crippen LogP contribution >= 0.6 is 0 Å². The van der Waals surface area contributed by atoms with Crippen LogP contribution in [0.25, 0.3) is 0 Å². The van der Waals surface area contributed by atoms with Crippen LogP contribution in [0.3, 0.4) is 0 Å². The van der Waals surface area contributed by atoms with Gasteiger partial charge in [0, 0.05) is 37.0 Å². The van der Waals surface area contributed by atoms with E-state index in [1.165, 1.54) is 11.3 Å². The number of carbonyl (C=O) groups is 2. The lowest BCUT2D eigenvalue weighted by atomic mass is 9.92. The Hall–Kier alpha value is -3.24. The third-order valence-corrected chi connectivity index (χ3v) is 6.83. The van der Waals surface area contributed by atoms with Crippen molar-refractivity contribution in [2.75, 3.05) is 37.7 Å². The van der Waals surface area contributed by atoms with E-state index >= 15 is 0 Å². The Balaban J connectivity index is 1.29. The van der Waals surface area contributed by atoms with E-state index in [0.717, 1.165) is 32.4 Å². The SMILES string of the molecule is Cc1nc(CC2CCN(c3ccc(CC4OCC(C)(C)CO4)cc3)CC2)nc(C(=O)NCC(=O)O)c1O. The first kappa shape index (κ1) is 26.8. The lowest BCUT2D eigenvalue weighted by Gasteiger charge is -2.35. The zero-order valence-electron chi connectivity index (χ0n) is 21.7. The number of anilines is 1. The minimum absolute atomic E-state index is 0.0680. The topological polar surface area (TPSA) is 134 Å². The third kappa shape index (κ3) is 7.17. The largest absolute Gasteiger partial charge is 0.504 e. The molecule has 0 atom stereocenters. The summed E-state index contributed by atoms with van der Waals surface area (Å²) in [4.78, 5) is 34.0. The van der Waals surface area contributed by atoms with Crippen LogP contribution in [0.15, 0.2) is 24.3 Å².